The summed E-state index contributed by atoms with van der Waals surface area (Å²) in [5.74, 6) is -0.149. The van der Waals surface area contributed by atoms with E-state index in [0.717, 1.165) is 10.5 Å². The minimum atomic E-state index is -0.931. The van der Waals surface area contributed by atoms with Crippen LogP contribution in [-0.4, -0.2) is 34.5 Å². The summed E-state index contributed by atoms with van der Waals surface area (Å²) < 4.78 is 13.2. The van der Waals surface area contributed by atoms with Gasteiger partial charge in [-0.1, -0.05) is 36.4 Å². The molecule has 1 unspecified atom stereocenters. The summed E-state index contributed by atoms with van der Waals surface area (Å²) in [6.07, 6.45) is 0.668. The maximum absolute atomic E-state index is 13.2. The Morgan fingerprint density at radius 1 is 1.00 bits per heavy atom. The smallest absolute Gasteiger partial charge is 0.341 e. The first-order valence-corrected chi connectivity index (χ1v) is 10.7. The zero-order valence-electron chi connectivity index (χ0n) is 17.5. The van der Waals surface area contributed by atoms with E-state index in [-0.39, 0.29) is 5.91 Å². The highest BCUT2D eigenvalue weighted by atomic mass is 32.2. The summed E-state index contributed by atoms with van der Waals surface area (Å²) in [5, 5.41) is 2.79. The lowest BCUT2D eigenvalue weighted by Gasteiger charge is -2.30. The Morgan fingerprint density at radius 2 is 1.72 bits per heavy atom. The molecule has 0 saturated carbocycles. The van der Waals surface area contributed by atoms with Crippen molar-refractivity contribution in [2.45, 2.75) is 18.1 Å². The number of carbonyl (C=O) groups excluding carboxylic acids is 2. The molecule has 162 valence electrons. The zero-order chi connectivity index (χ0) is 22.5. The van der Waals surface area contributed by atoms with E-state index in [4.69, 9.17) is 9.47 Å². The van der Waals surface area contributed by atoms with Gasteiger partial charge in [-0.05, 0) is 48.3 Å². The molecule has 0 spiro atoms. The number of pyridine rings is 1. The van der Waals surface area contributed by atoms with Crippen molar-refractivity contribution >= 4 is 35.4 Å². The number of aromatic nitrogens is 1. The lowest BCUT2D eigenvalue weighted by atomic mass is 10.1. The molecule has 1 amide bonds. The fraction of sp³-hybridized carbons (Fsp3) is 0.125. The van der Waals surface area contributed by atoms with Gasteiger partial charge in [0.1, 0.15) is 5.82 Å². The van der Waals surface area contributed by atoms with Crippen molar-refractivity contribution in [1.29, 1.82) is 0 Å². The fourth-order valence-electron chi connectivity index (χ4n) is 3.16. The Bertz CT molecular complexity index is 1150. The molecule has 2 aromatic carbocycles. The van der Waals surface area contributed by atoms with Crippen molar-refractivity contribution < 1.29 is 19.1 Å². The maximum Gasteiger partial charge on any atom is 0.341 e. The molecule has 32 heavy (non-hydrogen) atoms. The van der Waals surface area contributed by atoms with Gasteiger partial charge < -0.3 is 19.1 Å². The summed E-state index contributed by atoms with van der Waals surface area (Å²) in [6, 6.07) is 21.5. The number of nitrogens with one attached hydrogen (secondary N) is 1. The zero-order valence-corrected chi connectivity index (χ0v) is 18.3. The lowest BCUT2D eigenvalue weighted by Crippen LogP contribution is -2.30. The molecule has 7 nitrogen and oxygen atoms in total. The van der Waals surface area contributed by atoms with E-state index in [2.05, 4.69) is 10.3 Å². The minimum Gasteiger partial charge on any atom is -0.452 e. The molecule has 1 N–H and O–H groups in total. The molecule has 1 aliphatic heterocycles. The molecule has 2 heterocycles. The minimum absolute atomic E-state index is 0.293. The Hall–Kier alpha value is -3.78. The second kappa shape index (κ2) is 9.57. The van der Waals surface area contributed by atoms with E-state index >= 15 is 0 Å². The van der Waals surface area contributed by atoms with E-state index in [0.29, 0.717) is 22.8 Å². The quantitative estimate of drug-likeness (QED) is 0.337. The van der Waals surface area contributed by atoms with Gasteiger partial charge in [-0.2, -0.15) is 0 Å². The molecule has 8 heteroatoms. The van der Waals surface area contributed by atoms with Crippen LogP contribution in [0.3, 0.4) is 0 Å². The van der Waals surface area contributed by atoms with Crippen molar-refractivity contribution in [3.8, 4) is 0 Å². The highest BCUT2D eigenvalue weighted by Gasteiger charge is 2.31. The number of amides is 1. The van der Waals surface area contributed by atoms with Crippen LogP contribution in [0, 0.1) is 0 Å². The molecule has 1 atom stereocenters. The Morgan fingerprint density at radius 3 is 2.47 bits per heavy atom. The van der Waals surface area contributed by atoms with Crippen LogP contribution in [0.4, 0.5) is 5.82 Å². The number of esters is 1. The van der Waals surface area contributed by atoms with Gasteiger partial charge in [0.15, 0.2) is 11.5 Å². The summed E-state index contributed by atoms with van der Waals surface area (Å²) in [7, 11) is 1.78. The lowest BCUT2D eigenvalue weighted by molar-refractivity contribution is -0.113. The molecule has 1 aromatic heterocycles. The molecule has 1 aliphatic rings. The number of ether oxygens (including phenoxy) is 2. The Kier molecular flexibility index (Phi) is 6.42. The molecule has 3 aromatic rings. The highest BCUT2D eigenvalue weighted by Crippen LogP contribution is 2.41. The van der Waals surface area contributed by atoms with Gasteiger partial charge in [0, 0.05) is 30.6 Å². The van der Waals surface area contributed by atoms with Gasteiger partial charge >= 0.3 is 5.97 Å². The van der Waals surface area contributed by atoms with E-state index in [1.165, 1.54) is 11.9 Å². The molecule has 0 saturated heterocycles. The van der Waals surface area contributed by atoms with Crippen LogP contribution < -0.4 is 5.32 Å². The summed E-state index contributed by atoms with van der Waals surface area (Å²) in [6.45, 7) is 1.62. The first-order valence-electron chi connectivity index (χ1n) is 9.93. The SMILES string of the molecule is CC(OC(=O)c1ccccc1)OC1=C(C(=O)Nc2ccccn2)N(C)Sc2ccccc21. The molecular formula is C24H21N3O4S. The van der Waals surface area contributed by atoms with E-state index in [1.807, 2.05) is 30.3 Å². The molecule has 0 fully saturated rings. The van der Waals surface area contributed by atoms with Gasteiger partial charge in [0.25, 0.3) is 5.91 Å². The first kappa shape index (κ1) is 21.5. The third-order valence-electron chi connectivity index (χ3n) is 4.58. The van der Waals surface area contributed by atoms with Crippen LogP contribution >= 0.6 is 11.9 Å². The van der Waals surface area contributed by atoms with E-state index in [9.17, 15) is 9.59 Å². The largest absolute Gasteiger partial charge is 0.452 e. The van der Waals surface area contributed by atoms with Crippen LogP contribution in [0.1, 0.15) is 22.8 Å². The highest BCUT2D eigenvalue weighted by molar-refractivity contribution is 7.97. The van der Waals surface area contributed by atoms with Gasteiger partial charge in [-0.15, -0.1) is 0 Å². The second-order valence-corrected chi connectivity index (χ2v) is 8.06. The van der Waals surface area contributed by atoms with Gasteiger partial charge in [-0.25, -0.2) is 9.78 Å². The number of nitrogens with zero attached hydrogens (tertiary/aromatic N) is 2. The van der Waals surface area contributed by atoms with Crippen molar-refractivity contribution in [3.05, 3.63) is 95.8 Å². The van der Waals surface area contributed by atoms with Crippen molar-refractivity contribution in [1.82, 2.24) is 9.29 Å². The predicted molar refractivity (Wildman–Crippen MR) is 122 cm³/mol. The number of carbonyl (C=O) groups is 2. The number of fused-ring (bicyclic) bond motifs is 1. The van der Waals surface area contributed by atoms with Gasteiger partial charge in [-0.3, -0.25) is 4.79 Å². The number of rotatable bonds is 6. The first-order chi connectivity index (χ1) is 15.5. The number of hydrogen-bond acceptors (Lipinski definition) is 7. The number of anilines is 1. The number of likely N-dealkylation sites (N-methyl/N-ethyl adjacent to an activating group) is 1. The topological polar surface area (TPSA) is 80.8 Å². The van der Waals surface area contributed by atoms with Gasteiger partial charge in [0.05, 0.1) is 5.56 Å². The van der Waals surface area contributed by atoms with Gasteiger partial charge in [0.2, 0.25) is 6.29 Å². The predicted octanol–water partition coefficient (Wildman–Crippen LogP) is 4.56. The number of benzene rings is 2. The molecule has 4 rings (SSSR count). The summed E-state index contributed by atoms with van der Waals surface area (Å²) >= 11 is 1.41. The Labute approximate surface area is 190 Å². The standard InChI is InChI=1S/C24H21N3O4S/c1-16(31-24(29)17-10-4-3-5-11-17)30-22-18-12-6-7-13-19(18)32-27(2)21(22)23(28)26-20-14-8-9-15-25-20/h3-16H,1-2H3,(H,25,26,28). The number of hydrogen-bond donors (Lipinski definition) is 1. The second-order valence-electron chi connectivity index (χ2n) is 6.89. The molecule has 0 aliphatic carbocycles. The fourth-order valence-corrected chi connectivity index (χ4v) is 4.11. The Balaban J connectivity index is 1.63. The van der Waals surface area contributed by atoms with E-state index in [1.54, 1.807) is 66.9 Å². The van der Waals surface area contributed by atoms with Crippen molar-refractivity contribution in [2.75, 3.05) is 12.4 Å². The summed E-state index contributed by atoms with van der Waals surface area (Å²) in [4.78, 5) is 30.7. The molecule has 0 bridgehead atoms. The summed E-state index contributed by atoms with van der Waals surface area (Å²) in [5.41, 5.74) is 1.45. The van der Waals surface area contributed by atoms with Crippen molar-refractivity contribution in [3.63, 3.8) is 0 Å². The van der Waals surface area contributed by atoms with Crippen LogP contribution in [0.15, 0.2) is 89.6 Å². The van der Waals surface area contributed by atoms with Crippen LogP contribution in [0.5, 0.6) is 0 Å². The monoisotopic (exact) mass is 447 g/mol. The van der Waals surface area contributed by atoms with Crippen molar-refractivity contribution in [2.24, 2.45) is 0 Å². The third-order valence-corrected chi connectivity index (χ3v) is 5.59. The third kappa shape index (κ3) is 4.76. The average Bonchev–Trinajstić information content (AvgIpc) is 2.80. The normalized spacial score (nSPS) is 13.8. The van der Waals surface area contributed by atoms with E-state index < -0.39 is 12.3 Å². The average molecular weight is 448 g/mol. The van der Waals surface area contributed by atoms with Crippen LogP contribution in [0.25, 0.3) is 5.76 Å². The molecular weight excluding hydrogens is 426 g/mol. The molecule has 0 radical (unpaired) electrons. The van der Waals surface area contributed by atoms with Crippen LogP contribution in [0.2, 0.25) is 0 Å². The maximum atomic E-state index is 13.2. The van der Waals surface area contributed by atoms with Crippen LogP contribution in [-0.2, 0) is 14.3 Å².